The molecule has 0 spiro atoms. The monoisotopic (exact) mass is 387 g/mol. The minimum absolute atomic E-state index is 0.0812. The van der Waals surface area contributed by atoms with Gasteiger partial charge in [0.1, 0.15) is 5.82 Å². The van der Waals surface area contributed by atoms with Crippen LogP contribution in [0.5, 0.6) is 0 Å². The molecule has 0 saturated carbocycles. The fourth-order valence-corrected chi connectivity index (χ4v) is 3.19. The second-order valence-electron chi connectivity index (χ2n) is 5.59. The number of aromatic nitrogens is 2. The lowest BCUT2D eigenvalue weighted by atomic mass is 10.2. The number of rotatable bonds is 5. The highest BCUT2D eigenvalue weighted by Crippen LogP contribution is 2.23. The van der Waals surface area contributed by atoms with Crippen LogP contribution in [0.1, 0.15) is 21.6 Å². The molecule has 3 aromatic rings. The zero-order chi connectivity index (χ0) is 18.5. The number of anilines is 1. The Kier molecular flexibility index (Phi) is 5.85. The van der Waals surface area contributed by atoms with E-state index < -0.39 is 5.91 Å². The third-order valence-corrected chi connectivity index (χ3v) is 4.70. The Morgan fingerprint density at radius 3 is 2.73 bits per heavy atom. The van der Waals surface area contributed by atoms with Crippen LogP contribution >= 0.6 is 23.4 Å². The molecule has 0 atom stereocenters. The molecule has 2 aromatic carbocycles. The fourth-order valence-electron chi connectivity index (χ4n) is 2.25. The van der Waals surface area contributed by atoms with Crippen LogP contribution in [-0.2, 0) is 5.75 Å². The van der Waals surface area contributed by atoms with Gasteiger partial charge in [-0.2, -0.15) is 0 Å². The van der Waals surface area contributed by atoms with Crippen molar-refractivity contribution >= 4 is 35.0 Å². The van der Waals surface area contributed by atoms with Gasteiger partial charge in [-0.15, -0.1) is 0 Å². The molecule has 1 N–H and O–H groups in total. The van der Waals surface area contributed by atoms with E-state index in [1.807, 2.05) is 25.1 Å². The molecule has 0 bridgehead atoms. The molecule has 1 amide bonds. The maximum absolute atomic E-state index is 13.0. The molecule has 7 heteroatoms. The van der Waals surface area contributed by atoms with E-state index in [1.165, 1.54) is 47.8 Å². The molecule has 0 aliphatic carbocycles. The van der Waals surface area contributed by atoms with Crippen LogP contribution in [0.15, 0.2) is 59.9 Å². The van der Waals surface area contributed by atoms with Crippen molar-refractivity contribution in [2.24, 2.45) is 0 Å². The van der Waals surface area contributed by atoms with Gasteiger partial charge in [0.2, 0.25) is 0 Å². The molecule has 3 rings (SSSR count). The Bertz CT molecular complexity index is 934. The topological polar surface area (TPSA) is 54.9 Å². The van der Waals surface area contributed by atoms with Gasteiger partial charge in [-0.05, 0) is 36.8 Å². The summed E-state index contributed by atoms with van der Waals surface area (Å²) in [5.41, 5.74) is 2.86. The van der Waals surface area contributed by atoms with E-state index in [0.717, 1.165) is 5.56 Å². The number of carbonyl (C=O) groups is 1. The minimum atomic E-state index is -0.471. The molecular weight excluding hydrogens is 373 g/mol. The molecule has 0 aliphatic heterocycles. The summed E-state index contributed by atoms with van der Waals surface area (Å²) in [6.45, 7) is 2.03. The summed E-state index contributed by atoms with van der Waals surface area (Å²) in [4.78, 5) is 20.8. The molecular formula is C19H15ClFN3OS. The summed E-state index contributed by atoms with van der Waals surface area (Å²) in [7, 11) is 0. The molecule has 0 unspecified atom stereocenters. The number of carbonyl (C=O) groups excluding carboxylic acids is 1. The van der Waals surface area contributed by atoms with Crippen LogP contribution in [0.3, 0.4) is 0 Å². The van der Waals surface area contributed by atoms with Gasteiger partial charge >= 0.3 is 0 Å². The van der Waals surface area contributed by atoms with Gasteiger partial charge in [-0.1, -0.05) is 53.2 Å². The first-order chi connectivity index (χ1) is 12.5. The van der Waals surface area contributed by atoms with Crippen LogP contribution in [0, 0.1) is 12.7 Å². The molecule has 1 aromatic heterocycles. The number of thioether (sulfide) groups is 1. The van der Waals surface area contributed by atoms with E-state index in [9.17, 15) is 9.18 Å². The number of hydrogen-bond acceptors (Lipinski definition) is 4. The van der Waals surface area contributed by atoms with E-state index in [-0.39, 0.29) is 16.5 Å². The van der Waals surface area contributed by atoms with Crippen LogP contribution in [0.25, 0.3) is 0 Å². The number of amides is 1. The van der Waals surface area contributed by atoms with Crippen molar-refractivity contribution in [3.8, 4) is 0 Å². The normalized spacial score (nSPS) is 10.6. The first-order valence-electron chi connectivity index (χ1n) is 7.79. The molecule has 0 aliphatic rings. The van der Waals surface area contributed by atoms with Gasteiger partial charge in [0, 0.05) is 11.4 Å². The maximum Gasteiger partial charge on any atom is 0.275 e. The SMILES string of the molecule is Cc1cccc(CSc2ncc(Cl)c(C(=O)Nc3ccc(F)cc3)n2)c1. The van der Waals surface area contributed by atoms with Crippen molar-refractivity contribution in [3.05, 3.63) is 82.4 Å². The van der Waals surface area contributed by atoms with Crippen molar-refractivity contribution < 1.29 is 9.18 Å². The highest BCUT2D eigenvalue weighted by molar-refractivity contribution is 7.98. The van der Waals surface area contributed by atoms with E-state index in [2.05, 4.69) is 21.4 Å². The van der Waals surface area contributed by atoms with Crippen LogP contribution in [-0.4, -0.2) is 15.9 Å². The van der Waals surface area contributed by atoms with Gasteiger partial charge < -0.3 is 5.32 Å². The van der Waals surface area contributed by atoms with Crippen molar-refractivity contribution in [3.63, 3.8) is 0 Å². The second kappa shape index (κ2) is 8.29. The summed E-state index contributed by atoms with van der Waals surface area (Å²) < 4.78 is 13.0. The standard InChI is InChI=1S/C19H15ClFN3OS/c1-12-3-2-4-13(9-12)11-26-19-22-10-16(20)17(24-19)18(25)23-15-7-5-14(21)6-8-15/h2-10H,11H2,1H3,(H,23,25). The Balaban J connectivity index is 1.72. The number of hydrogen-bond donors (Lipinski definition) is 1. The molecule has 132 valence electrons. The third kappa shape index (κ3) is 4.80. The van der Waals surface area contributed by atoms with E-state index in [1.54, 1.807) is 0 Å². The van der Waals surface area contributed by atoms with Crippen molar-refractivity contribution in [2.45, 2.75) is 17.8 Å². The quantitative estimate of drug-likeness (QED) is 0.487. The first-order valence-corrected chi connectivity index (χ1v) is 9.15. The zero-order valence-corrected chi connectivity index (χ0v) is 15.4. The predicted octanol–water partition coefficient (Wildman–Crippen LogP) is 5.12. The average molecular weight is 388 g/mol. The van der Waals surface area contributed by atoms with Crippen molar-refractivity contribution in [1.82, 2.24) is 9.97 Å². The number of aryl methyl sites for hydroxylation is 1. The smallest absolute Gasteiger partial charge is 0.275 e. The minimum Gasteiger partial charge on any atom is -0.321 e. The largest absolute Gasteiger partial charge is 0.321 e. The maximum atomic E-state index is 13.0. The summed E-state index contributed by atoms with van der Waals surface area (Å²) >= 11 is 7.49. The van der Waals surface area contributed by atoms with Gasteiger partial charge in [-0.3, -0.25) is 4.79 Å². The summed E-state index contributed by atoms with van der Waals surface area (Å²) in [6, 6.07) is 13.6. The lowest BCUT2D eigenvalue weighted by Gasteiger charge is -2.08. The Morgan fingerprint density at radius 1 is 1.23 bits per heavy atom. The van der Waals surface area contributed by atoms with E-state index >= 15 is 0 Å². The molecule has 4 nitrogen and oxygen atoms in total. The van der Waals surface area contributed by atoms with Crippen LogP contribution < -0.4 is 5.32 Å². The molecule has 26 heavy (non-hydrogen) atoms. The van der Waals surface area contributed by atoms with Crippen molar-refractivity contribution in [1.29, 1.82) is 0 Å². The molecule has 1 heterocycles. The van der Waals surface area contributed by atoms with Gasteiger partial charge in [-0.25, -0.2) is 14.4 Å². The lowest BCUT2D eigenvalue weighted by molar-refractivity contribution is 0.102. The average Bonchev–Trinajstić information content (AvgIpc) is 2.63. The second-order valence-corrected chi connectivity index (χ2v) is 6.94. The summed E-state index contributed by atoms with van der Waals surface area (Å²) in [6.07, 6.45) is 1.41. The van der Waals surface area contributed by atoms with Crippen molar-refractivity contribution in [2.75, 3.05) is 5.32 Å². The predicted molar refractivity (Wildman–Crippen MR) is 102 cm³/mol. The highest BCUT2D eigenvalue weighted by atomic mass is 35.5. The lowest BCUT2D eigenvalue weighted by Crippen LogP contribution is -2.15. The summed E-state index contributed by atoms with van der Waals surface area (Å²) in [5, 5.41) is 3.26. The van der Waals surface area contributed by atoms with E-state index in [4.69, 9.17) is 11.6 Å². The first kappa shape index (κ1) is 18.4. The van der Waals surface area contributed by atoms with Gasteiger partial charge in [0.05, 0.1) is 11.2 Å². The number of nitrogens with one attached hydrogen (secondary N) is 1. The van der Waals surface area contributed by atoms with E-state index in [0.29, 0.717) is 16.6 Å². The van der Waals surface area contributed by atoms with Gasteiger partial charge in [0.15, 0.2) is 10.9 Å². The summed E-state index contributed by atoms with van der Waals surface area (Å²) in [5.74, 6) is -0.165. The fraction of sp³-hybridized carbons (Fsp3) is 0.105. The Hall–Kier alpha value is -2.44. The van der Waals surface area contributed by atoms with Crippen LogP contribution in [0.4, 0.5) is 10.1 Å². The number of benzene rings is 2. The van der Waals surface area contributed by atoms with Crippen LogP contribution in [0.2, 0.25) is 5.02 Å². The zero-order valence-electron chi connectivity index (χ0n) is 13.9. The Labute approximate surface area is 159 Å². The highest BCUT2D eigenvalue weighted by Gasteiger charge is 2.15. The van der Waals surface area contributed by atoms with Gasteiger partial charge in [0.25, 0.3) is 5.91 Å². The molecule has 0 fully saturated rings. The number of halogens is 2. The molecule has 0 saturated heterocycles. The Morgan fingerprint density at radius 2 is 2.00 bits per heavy atom. The third-order valence-electron chi connectivity index (χ3n) is 3.49. The molecule has 0 radical (unpaired) electrons. The number of nitrogens with zero attached hydrogens (tertiary/aromatic N) is 2.